The first-order chi connectivity index (χ1) is 12.3. The molecule has 5 nitrogen and oxygen atoms in total. The molecule has 1 fully saturated rings. The number of hydrogen-bond acceptors (Lipinski definition) is 4. The molecule has 1 aromatic carbocycles. The van der Waals surface area contributed by atoms with Gasteiger partial charge in [-0.25, -0.2) is 9.97 Å². The van der Waals surface area contributed by atoms with E-state index in [1.54, 1.807) is 17.2 Å². The summed E-state index contributed by atoms with van der Waals surface area (Å²) in [6, 6.07) is 6.76. The van der Waals surface area contributed by atoms with Crippen LogP contribution >= 0.6 is 0 Å². The van der Waals surface area contributed by atoms with E-state index in [1.165, 1.54) is 6.07 Å². The molecular weight excluding hydrogens is 345 g/mol. The normalized spacial score (nSPS) is 15.2. The number of aryl methyl sites for hydroxylation is 1. The van der Waals surface area contributed by atoms with Crippen molar-refractivity contribution in [3.8, 4) is 0 Å². The van der Waals surface area contributed by atoms with Crippen molar-refractivity contribution in [2.75, 3.05) is 31.1 Å². The van der Waals surface area contributed by atoms with Gasteiger partial charge >= 0.3 is 6.18 Å². The Balaban J connectivity index is 1.59. The first-order valence-corrected chi connectivity index (χ1v) is 8.31. The fourth-order valence-corrected chi connectivity index (χ4v) is 2.95. The van der Waals surface area contributed by atoms with Gasteiger partial charge in [0.25, 0.3) is 0 Å². The number of amides is 1. The van der Waals surface area contributed by atoms with Gasteiger partial charge in [-0.3, -0.25) is 4.79 Å². The number of nitrogens with zero attached hydrogens (tertiary/aromatic N) is 4. The van der Waals surface area contributed by atoms with E-state index >= 15 is 0 Å². The largest absolute Gasteiger partial charge is 0.416 e. The highest BCUT2D eigenvalue weighted by Crippen LogP contribution is 2.29. The average Bonchev–Trinajstić information content (AvgIpc) is 2.61. The van der Waals surface area contributed by atoms with Gasteiger partial charge in [-0.2, -0.15) is 13.2 Å². The van der Waals surface area contributed by atoms with E-state index in [0.717, 1.165) is 18.0 Å². The molecule has 1 aliphatic rings. The van der Waals surface area contributed by atoms with Crippen LogP contribution in [0.4, 0.5) is 19.0 Å². The molecule has 1 aliphatic heterocycles. The highest BCUT2D eigenvalue weighted by molar-refractivity contribution is 5.79. The lowest BCUT2D eigenvalue weighted by atomic mass is 10.1. The second kappa shape index (κ2) is 7.31. The van der Waals surface area contributed by atoms with Crippen molar-refractivity contribution in [1.29, 1.82) is 0 Å². The molecule has 138 valence electrons. The summed E-state index contributed by atoms with van der Waals surface area (Å²) in [4.78, 5) is 24.6. The van der Waals surface area contributed by atoms with E-state index in [9.17, 15) is 18.0 Å². The van der Waals surface area contributed by atoms with Crippen molar-refractivity contribution in [3.63, 3.8) is 0 Å². The van der Waals surface area contributed by atoms with E-state index < -0.39 is 11.7 Å². The molecule has 26 heavy (non-hydrogen) atoms. The number of benzene rings is 1. The lowest BCUT2D eigenvalue weighted by Crippen LogP contribution is -2.49. The molecule has 1 amide bonds. The Morgan fingerprint density at radius 2 is 1.88 bits per heavy atom. The van der Waals surface area contributed by atoms with Crippen molar-refractivity contribution >= 4 is 11.7 Å². The SMILES string of the molecule is Cc1nccc(N2CCN(C(=O)Cc3cccc(C(F)(F)F)c3)CC2)n1. The Morgan fingerprint density at radius 1 is 1.15 bits per heavy atom. The number of hydrogen-bond donors (Lipinski definition) is 0. The van der Waals surface area contributed by atoms with Crippen LogP contribution in [-0.4, -0.2) is 47.0 Å². The fraction of sp³-hybridized carbons (Fsp3) is 0.389. The Hall–Kier alpha value is -2.64. The Morgan fingerprint density at radius 3 is 2.54 bits per heavy atom. The number of alkyl halides is 3. The molecule has 2 heterocycles. The molecule has 0 aliphatic carbocycles. The minimum absolute atomic E-state index is 0.0312. The molecule has 0 saturated carbocycles. The molecule has 2 aromatic rings. The Labute approximate surface area is 149 Å². The first-order valence-electron chi connectivity index (χ1n) is 8.31. The number of halogens is 3. The highest BCUT2D eigenvalue weighted by Gasteiger charge is 2.30. The second-order valence-electron chi connectivity index (χ2n) is 6.20. The van der Waals surface area contributed by atoms with Gasteiger partial charge in [0.2, 0.25) is 5.91 Å². The van der Waals surface area contributed by atoms with Crippen molar-refractivity contribution < 1.29 is 18.0 Å². The molecule has 1 saturated heterocycles. The zero-order valence-electron chi connectivity index (χ0n) is 14.3. The molecular formula is C18H19F3N4O. The molecule has 0 spiro atoms. The first kappa shape index (κ1) is 18.2. The van der Waals surface area contributed by atoms with Gasteiger partial charge in [0.05, 0.1) is 12.0 Å². The minimum Gasteiger partial charge on any atom is -0.353 e. The van der Waals surface area contributed by atoms with Crippen molar-refractivity contribution in [1.82, 2.24) is 14.9 Å². The van der Waals surface area contributed by atoms with E-state index in [4.69, 9.17) is 0 Å². The standard InChI is InChI=1S/C18H19F3N4O/c1-13-22-6-5-16(23-13)24-7-9-25(10-8-24)17(26)12-14-3-2-4-15(11-14)18(19,20)21/h2-6,11H,7-10,12H2,1H3. The predicted molar refractivity (Wildman–Crippen MR) is 90.7 cm³/mol. The number of anilines is 1. The minimum atomic E-state index is -4.40. The maximum atomic E-state index is 12.8. The number of carbonyl (C=O) groups is 1. The molecule has 0 N–H and O–H groups in total. The van der Waals surface area contributed by atoms with Gasteiger partial charge in [-0.1, -0.05) is 18.2 Å². The molecule has 8 heteroatoms. The maximum Gasteiger partial charge on any atom is 0.416 e. The lowest BCUT2D eigenvalue weighted by molar-refractivity contribution is -0.138. The van der Waals surface area contributed by atoms with Gasteiger partial charge in [-0.05, 0) is 24.6 Å². The molecule has 0 bridgehead atoms. The van der Waals surface area contributed by atoms with Crippen LogP contribution in [0.5, 0.6) is 0 Å². The summed E-state index contributed by atoms with van der Waals surface area (Å²) >= 11 is 0. The van der Waals surface area contributed by atoms with Gasteiger partial charge in [-0.15, -0.1) is 0 Å². The van der Waals surface area contributed by atoms with Crippen LogP contribution in [0.3, 0.4) is 0 Å². The summed E-state index contributed by atoms with van der Waals surface area (Å²) in [5, 5.41) is 0. The third-order valence-electron chi connectivity index (χ3n) is 4.33. The van der Waals surface area contributed by atoms with E-state index in [0.29, 0.717) is 37.6 Å². The van der Waals surface area contributed by atoms with Crippen LogP contribution in [-0.2, 0) is 17.4 Å². The van der Waals surface area contributed by atoms with Crippen molar-refractivity contribution in [3.05, 3.63) is 53.5 Å². The van der Waals surface area contributed by atoms with Crippen LogP contribution in [0, 0.1) is 6.92 Å². The van der Waals surface area contributed by atoms with Gasteiger partial charge < -0.3 is 9.80 Å². The number of carbonyl (C=O) groups excluding carboxylic acids is 1. The monoisotopic (exact) mass is 364 g/mol. The summed E-state index contributed by atoms with van der Waals surface area (Å²) < 4.78 is 38.3. The molecule has 0 unspecified atom stereocenters. The Bertz CT molecular complexity index is 786. The third kappa shape index (κ3) is 4.30. The van der Waals surface area contributed by atoms with Gasteiger partial charge in [0.15, 0.2) is 0 Å². The zero-order valence-corrected chi connectivity index (χ0v) is 14.3. The molecule has 0 radical (unpaired) electrons. The van der Waals surface area contributed by atoms with Crippen LogP contribution in [0.2, 0.25) is 0 Å². The highest BCUT2D eigenvalue weighted by atomic mass is 19.4. The van der Waals surface area contributed by atoms with E-state index in [2.05, 4.69) is 14.9 Å². The average molecular weight is 364 g/mol. The summed E-state index contributed by atoms with van der Waals surface area (Å²) in [7, 11) is 0. The van der Waals surface area contributed by atoms with Crippen LogP contribution < -0.4 is 4.90 Å². The Kier molecular flexibility index (Phi) is 5.11. The molecule has 1 aromatic heterocycles. The van der Waals surface area contributed by atoms with Gasteiger partial charge in [0, 0.05) is 32.4 Å². The van der Waals surface area contributed by atoms with E-state index in [-0.39, 0.29) is 12.3 Å². The van der Waals surface area contributed by atoms with Crippen LogP contribution in [0.25, 0.3) is 0 Å². The second-order valence-corrected chi connectivity index (χ2v) is 6.20. The van der Waals surface area contributed by atoms with Crippen molar-refractivity contribution in [2.24, 2.45) is 0 Å². The molecule has 0 atom stereocenters. The van der Waals surface area contributed by atoms with Gasteiger partial charge in [0.1, 0.15) is 11.6 Å². The number of aromatic nitrogens is 2. The number of piperazine rings is 1. The van der Waals surface area contributed by atoms with Crippen LogP contribution in [0.15, 0.2) is 36.5 Å². The lowest BCUT2D eigenvalue weighted by Gasteiger charge is -2.35. The smallest absolute Gasteiger partial charge is 0.353 e. The van der Waals surface area contributed by atoms with E-state index in [1.807, 2.05) is 13.0 Å². The quantitative estimate of drug-likeness (QED) is 0.840. The van der Waals surface area contributed by atoms with Crippen molar-refractivity contribution in [2.45, 2.75) is 19.5 Å². The summed E-state index contributed by atoms with van der Waals surface area (Å²) in [6.07, 6.45) is -2.74. The fourth-order valence-electron chi connectivity index (χ4n) is 2.95. The predicted octanol–water partition coefficient (Wildman–Crippen LogP) is 2.70. The zero-order chi connectivity index (χ0) is 18.7. The summed E-state index contributed by atoms with van der Waals surface area (Å²) in [5.74, 6) is 1.34. The summed E-state index contributed by atoms with van der Waals surface area (Å²) in [6.45, 7) is 4.11. The van der Waals surface area contributed by atoms with Crippen LogP contribution in [0.1, 0.15) is 17.0 Å². The topological polar surface area (TPSA) is 49.3 Å². The molecule has 3 rings (SSSR count). The third-order valence-corrected chi connectivity index (χ3v) is 4.33. The maximum absolute atomic E-state index is 12.8. The number of rotatable bonds is 3. The summed E-state index contributed by atoms with van der Waals surface area (Å²) in [5.41, 5.74) is -0.356.